The van der Waals surface area contributed by atoms with Gasteiger partial charge in [0.25, 0.3) is 0 Å². The minimum Gasteiger partial charge on any atom is -0.507 e. The van der Waals surface area contributed by atoms with Crippen LogP contribution < -0.4 is 14.9 Å². The summed E-state index contributed by atoms with van der Waals surface area (Å²) in [5, 5.41) is 91.5. The molecule has 0 saturated carbocycles. The smallest absolute Gasteiger partial charge is 0.229 e. The molecule has 2 aromatic carbocycles. The van der Waals surface area contributed by atoms with Gasteiger partial charge in [0.1, 0.15) is 71.0 Å². The molecule has 9 N–H and O–H groups in total. The minimum atomic E-state index is -2.04. The van der Waals surface area contributed by atoms with E-state index in [0.29, 0.717) is 5.56 Å². The molecule has 1 unspecified atom stereocenters. The first kappa shape index (κ1) is 29.5. The molecular formula is C26H30O14. The van der Waals surface area contributed by atoms with Crippen molar-refractivity contribution in [3.8, 4) is 34.3 Å². The predicted molar refractivity (Wildman–Crippen MR) is 135 cm³/mol. The molecule has 1 fully saturated rings. The molecule has 14 nitrogen and oxygen atoms in total. The maximum absolute atomic E-state index is 12.8. The Balaban J connectivity index is 1.65. The van der Waals surface area contributed by atoms with Crippen LogP contribution >= 0.6 is 0 Å². The van der Waals surface area contributed by atoms with Crippen LogP contribution in [0.1, 0.15) is 6.92 Å². The lowest BCUT2D eigenvalue weighted by Crippen LogP contribution is -2.64. The summed E-state index contributed by atoms with van der Waals surface area (Å²) in [4.78, 5) is 12.8. The number of rotatable bonds is 8. The van der Waals surface area contributed by atoms with Gasteiger partial charge in [-0.2, -0.15) is 0 Å². The van der Waals surface area contributed by atoms with Crippen LogP contribution in [0.25, 0.3) is 22.3 Å². The molecular weight excluding hydrogens is 536 g/mol. The van der Waals surface area contributed by atoms with Crippen molar-refractivity contribution in [3.63, 3.8) is 0 Å². The second-order valence-corrected chi connectivity index (χ2v) is 9.45. The summed E-state index contributed by atoms with van der Waals surface area (Å²) in [5.74, 6) is -0.797. The predicted octanol–water partition coefficient (Wildman–Crippen LogP) is -1.47. The van der Waals surface area contributed by atoms with Gasteiger partial charge in [-0.3, -0.25) is 4.79 Å². The Kier molecular flexibility index (Phi) is 8.53. The fourth-order valence-electron chi connectivity index (χ4n) is 4.37. The molecule has 0 spiro atoms. The molecule has 0 aliphatic carbocycles. The van der Waals surface area contributed by atoms with E-state index in [2.05, 4.69) is 0 Å². The summed E-state index contributed by atoms with van der Waals surface area (Å²) in [6.07, 6.45) is -16.7. The monoisotopic (exact) mass is 566 g/mol. The number of benzene rings is 2. The first-order valence-corrected chi connectivity index (χ1v) is 12.1. The number of phenols is 2. The van der Waals surface area contributed by atoms with Gasteiger partial charge in [0.2, 0.25) is 6.29 Å². The summed E-state index contributed by atoms with van der Waals surface area (Å²) in [6.45, 7) is 1.15. The average molecular weight is 567 g/mol. The van der Waals surface area contributed by atoms with E-state index in [1.807, 2.05) is 0 Å². The number of methoxy groups -OCH3 is 1. The van der Waals surface area contributed by atoms with Gasteiger partial charge in [0, 0.05) is 23.8 Å². The van der Waals surface area contributed by atoms with Crippen LogP contribution in [0.3, 0.4) is 0 Å². The molecule has 1 aromatic heterocycles. The van der Waals surface area contributed by atoms with Gasteiger partial charge in [-0.05, 0) is 25.1 Å². The zero-order chi connectivity index (χ0) is 29.5. The summed E-state index contributed by atoms with van der Waals surface area (Å²) >= 11 is 0. The topological polar surface area (TPSA) is 240 Å². The highest BCUT2D eigenvalue weighted by molar-refractivity contribution is 5.86. The van der Waals surface area contributed by atoms with E-state index in [9.17, 15) is 50.8 Å². The van der Waals surface area contributed by atoms with Gasteiger partial charge >= 0.3 is 0 Å². The number of fused-ring (bicyclic) bond motifs is 1. The normalized spacial score (nSPS) is 26.2. The molecule has 0 bridgehead atoms. The standard InChI is InChI=1S/C26H30O14/c1-9(27)19(31)20(32)22(34)25-23(35)21(33)24(36)26(40-25)38-11-6-13(29)18-14(30)8-16(39-17(18)7-11)10-3-4-15(37-2)12(28)5-10/h3-9,19-29,31-36H,1-2H3/t9-,19-,20+,21+,22-,23+,24-,25-,26?/m1/s1. The number of aliphatic hydroxyl groups excluding tert-OH is 7. The van der Waals surface area contributed by atoms with Crippen LogP contribution in [-0.4, -0.2) is 108 Å². The Bertz CT molecular complexity index is 1400. The number of hydrogen-bond acceptors (Lipinski definition) is 14. The first-order valence-electron chi connectivity index (χ1n) is 12.1. The maximum Gasteiger partial charge on any atom is 0.229 e. The van der Waals surface area contributed by atoms with Gasteiger partial charge in [-0.1, -0.05) is 0 Å². The van der Waals surface area contributed by atoms with E-state index in [1.165, 1.54) is 31.4 Å². The number of hydrogen-bond donors (Lipinski definition) is 9. The van der Waals surface area contributed by atoms with E-state index in [1.54, 1.807) is 0 Å². The SMILES string of the molecule is COc1ccc(-c2cc(=O)c3c(O)cc(OC4O[C@H]([C@H](O)[C@@H](O)[C@H](O)[C@@H](C)O)[C@@H](O)[C@H](O)[C@H]4O)cc3o2)cc1O. The Morgan fingerprint density at radius 2 is 1.57 bits per heavy atom. The lowest BCUT2D eigenvalue weighted by atomic mass is 9.90. The lowest BCUT2D eigenvalue weighted by Gasteiger charge is -2.43. The molecule has 0 amide bonds. The fourth-order valence-corrected chi connectivity index (χ4v) is 4.37. The third kappa shape index (κ3) is 5.56. The van der Waals surface area contributed by atoms with Gasteiger partial charge < -0.3 is 64.6 Å². The molecule has 1 aliphatic heterocycles. The van der Waals surface area contributed by atoms with E-state index in [0.717, 1.165) is 19.1 Å². The molecule has 0 radical (unpaired) electrons. The Morgan fingerprint density at radius 1 is 0.875 bits per heavy atom. The second kappa shape index (κ2) is 11.6. The maximum atomic E-state index is 12.8. The van der Waals surface area contributed by atoms with Crippen LogP contribution in [-0.2, 0) is 4.74 Å². The Labute approximate surface area is 226 Å². The summed E-state index contributed by atoms with van der Waals surface area (Å²) in [5.41, 5.74) is -0.483. The Hall–Kier alpha value is -3.47. The van der Waals surface area contributed by atoms with Crippen LogP contribution in [0, 0.1) is 0 Å². The first-order chi connectivity index (χ1) is 18.8. The third-order valence-electron chi connectivity index (χ3n) is 6.64. The van der Waals surface area contributed by atoms with Gasteiger partial charge in [0.05, 0.1) is 13.2 Å². The molecule has 9 atom stereocenters. The fraction of sp³-hybridized carbons (Fsp3) is 0.423. The molecule has 3 aromatic rings. The van der Waals surface area contributed by atoms with Crippen molar-refractivity contribution >= 4 is 11.0 Å². The van der Waals surface area contributed by atoms with Gasteiger partial charge in [-0.15, -0.1) is 0 Å². The van der Waals surface area contributed by atoms with Crippen molar-refractivity contribution in [3.05, 3.63) is 46.6 Å². The van der Waals surface area contributed by atoms with Gasteiger partial charge in [0.15, 0.2) is 16.9 Å². The number of phenolic OH excluding ortho intramolecular Hbond substituents is 2. The summed E-state index contributed by atoms with van der Waals surface area (Å²) in [7, 11) is 1.37. The van der Waals surface area contributed by atoms with Crippen LogP contribution in [0.5, 0.6) is 23.0 Å². The van der Waals surface area contributed by atoms with E-state index >= 15 is 0 Å². The zero-order valence-corrected chi connectivity index (χ0v) is 21.2. The van der Waals surface area contributed by atoms with Crippen molar-refractivity contribution < 1.29 is 64.6 Å². The highest BCUT2D eigenvalue weighted by Gasteiger charge is 2.50. The van der Waals surface area contributed by atoms with Crippen molar-refractivity contribution in [1.82, 2.24) is 0 Å². The van der Waals surface area contributed by atoms with Gasteiger partial charge in [-0.25, -0.2) is 0 Å². The van der Waals surface area contributed by atoms with E-state index in [4.69, 9.17) is 18.6 Å². The average Bonchev–Trinajstić information content (AvgIpc) is 2.91. The molecule has 4 rings (SSSR count). The highest BCUT2D eigenvalue weighted by Crippen LogP contribution is 2.35. The van der Waals surface area contributed by atoms with Crippen molar-refractivity contribution in [2.75, 3.05) is 7.11 Å². The molecule has 2 heterocycles. The van der Waals surface area contributed by atoms with Crippen LogP contribution in [0.2, 0.25) is 0 Å². The lowest BCUT2D eigenvalue weighted by molar-refractivity contribution is -0.298. The largest absolute Gasteiger partial charge is 0.507 e. The zero-order valence-electron chi connectivity index (χ0n) is 21.2. The van der Waals surface area contributed by atoms with Crippen molar-refractivity contribution in [1.29, 1.82) is 0 Å². The molecule has 40 heavy (non-hydrogen) atoms. The summed E-state index contributed by atoms with van der Waals surface area (Å²) in [6, 6.07) is 7.56. The number of aromatic hydroxyl groups is 2. The van der Waals surface area contributed by atoms with E-state index in [-0.39, 0.29) is 34.0 Å². The third-order valence-corrected chi connectivity index (χ3v) is 6.64. The van der Waals surface area contributed by atoms with Crippen molar-refractivity contribution in [2.45, 2.75) is 62.0 Å². The number of aliphatic hydroxyl groups is 7. The Morgan fingerprint density at radius 3 is 2.20 bits per heavy atom. The van der Waals surface area contributed by atoms with Crippen LogP contribution in [0.15, 0.2) is 45.6 Å². The second-order valence-electron chi connectivity index (χ2n) is 9.45. The van der Waals surface area contributed by atoms with E-state index < -0.39 is 66.3 Å². The molecule has 1 saturated heterocycles. The van der Waals surface area contributed by atoms with Crippen LogP contribution in [0.4, 0.5) is 0 Å². The number of ether oxygens (including phenoxy) is 3. The van der Waals surface area contributed by atoms with Crippen molar-refractivity contribution in [2.24, 2.45) is 0 Å². The molecule has 218 valence electrons. The quantitative estimate of drug-likeness (QED) is 0.151. The molecule has 1 aliphatic rings. The minimum absolute atomic E-state index is 0.0216. The summed E-state index contributed by atoms with van der Waals surface area (Å²) < 4.78 is 21.7. The molecule has 14 heteroatoms. The highest BCUT2D eigenvalue weighted by atomic mass is 16.7.